The second-order valence-corrected chi connectivity index (χ2v) is 10.6. The molecule has 0 fully saturated rings. The van der Waals surface area contributed by atoms with Gasteiger partial charge in [-0.25, -0.2) is 4.68 Å². The lowest BCUT2D eigenvalue weighted by atomic mass is 9.92. The van der Waals surface area contributed by atoms with Crippen molar-refractivity contribution in [3.05, 3.63) is 66.4 Å². The number of nitrogens with zero attached hydrogens (tertiary/aromatic N) is 3. The van der Waals surface area contributed by atoms with E-state index in [9.17, 15) is 9.59 Å². The van der Waals surface area contributed by atoms with E-state index in [0.717, 1.165) is 22.0 Å². The Labute approximate surface area is 211 Å². The molecule has 35 heavy (non-hydrogen) atoms. The number of hydrogen-bond acceptors (Lipinski definition) is 5. The average molecular weight is 495 g/mol. The average Bonchev–Trinajstić information content (AvgIpc) is 3.25. The largest absolute Gasteiger partial charge is 0.497 e. The fourth-order valence-electron chi connectivity index (χ4n) is 3.40. The smallest absolute Gasteiger partial charge is 0.245 e. The van der Waals surface area contributed by atoms with Crippen LogP contribution < -0.4 is 10.1 Å². The van der Waals surface area contributed by atoms with Gasteiger partial charge in [0.2, 0.25) is 11.8 Å². The van der Waals surface area contributed by atoms with E-state index in [4.69, 9.17) is 9.84 Å². The Morgan fingerprint density at radius 1 is 1.09 bits per heavy atom. The first kappa shape index (κ1) is 26.3. The Morgan fingerprint density at radius 2 is 1.74 bits per heavy atom. The van der Waals surface area contributed by atoms with Gasteiger partial charge in [0.1, 0.15) is 18.1 Å². The molecular weight excluding hydrogens is 460 g/mol. The third-order valence-electron chi connectivity index (χ3n) is 5.43. The molecule has 8 heteroatoms. The Bertz CT molecular complexity index is 1140. The van der Waals surface area contributed by atoms with E-state index in [1.807, 2.05) is 74.5 Å². The van der Waals surface area contributed by atoms with Crippen LogP contribution in [-0.4, -0.2) is 51.9 Å². The number of ether oxygens (including phenoxy) is 1. The molecule has 2 amide bonds. The zero-order chi connectivity index (χ0) is 25.6. The Balaban J connectivity index is 1.76. The van der Waals surface area contributed by atoms with Gasteiger partial charge in [0.05, 0.1) is 24.2 Å². The molecule has 7 nitrogen and oxygen atoms in total. The molecule has 3 aromatic rings. The highest BCUT2D eigenvalue weighted by molar-refractivity contribution is 8.00. The summed E-state index contributed by atoms with van der Waals surface area (Å²) in [7, 11) is 1.62. The van der Waals surface area contributed by atoms with Crippen molar-refractivity contribution in [3.8, 4) is 11.4 Å². The number of thioether (sulfide) groups is 1. The first-order chi connectivity index (χ1) is 16.6. The summed E-state index contributed by atoms with van der Waals surface area (Å²) in [5, 5.41) is 7.72. The van der Waals surface area contributed by atoms with Crippen molar-refractivity contribution in [2.75, 3.05) is 24.7 Å². The minimum atomic E-state index is -0.271. The first-order valence-electron chi connectivity index (χ1n) is 11.6. The SMILES string of the molecule is COc1ccc(-n2nc(C(C)(C)C)cc2NC(=O)CN(C(=O)CSc2ccccc2)C(C)C)cc1. The summed E-state index contributed by atoms with van der Waals surface area (Å²) in [5.74, 6) is 1.21. The van der Waals surface area contributed by atoms with Crippen molar-refractivity contribution in [3.63, 3.8) is 0 Å². The van der Waals surface area contributed by atoms with Crippen LogP contribution in [0.5, 0.6) is 5.75 Å². The number of benzene rings is 2. The number of nitrogens with one attached hydrogen (secondary N) is 1. The normalized spacial score (nSPS) is 11.4. The minimum absolute atomic E-state index is 0.0372. The van der Waals surface area contributed by atoms with Crippen molar-refractivity contribution < 1.29 is 14.3 Å². The number of methoxy groups -OCH3 is 1. The van der Waals surface area contributed by atoms with E-state index >= 15 is 0 Å². The summed E-state index contributed by atoms with van der Waals surface area (Å²) < 4.78 is 6.97. The van der Waals surface area contributed by atoms with Crippen LogP contribution in [-0.2, 0) is 15.0 Å². The molecule has 0 aliphatic heterocycles. The Morgan fingerprint density at radius 3 is 2.31 bits per heavy atom. The van der Waals surface area contributed by atoms with Crippen molar-refractivity contribution >= 4 is 29.4 Å². The molecule has 3 rings (SSSR count). The van der Waals surface area contributed by atoms with Crippen LogP contribution in [0.3, 0.4) is 0 Å². The predicted molar refractivity (Wildman–Crippen MR) is 141 cm³/mol. The fraction of sp³-hybridized carbons (Fsp3) is 0.370. The molecule has 0 saturated carbocycles. The van der Waals surface area contributed by atoms with Crippen molar-refractivity contribution in [1.82, 2.24) is 14.7 Å². The summed E-state index contributed by atoms with van der Waals surface area (Å²) >= 11 is 1.47. The number of carbonyl (C=O) groups excluding carboxylic acids is 2. The maximum Gasteiger partial charge on any atom is 0.245 e. The van der Waals surface area contributed by atoms with Gasteiger partial charge in [-0.15, -0.1) is 11.8 Å². The molecule has 1 N–H and O–H groups in total. The van der Waals surface area contributed by atoms with Crippen molar-refractivity contribution in [2.45, 2.75) is 51.0 Å². The zero-order valence-corrected chi connectivity index (χ0v) is 22.1. The van der Waals surface area contributed by atoms with Gasteiger partial charge in [-0.05, 0) is 50.2 Å². The third-order valence-corrected chi connectivity index (χ3v) is 6.42. The maximum atomic E-state index is 13.1. The molecule has 1 aromatic heterocycles. The van der Waals surface area contributed by atoms with Gasteiger partial charge < -0.3 is 15.0 Å². The van der Waals surface area contributed by atoms with Crippen LogP contribution in [0.1, 0.15) is 40.3 Å². The van der Waals surface area contributed by atoms with Gasteiger partial charge in [-0.3, -0.25) is 9.59 Å². The van der Waals surface area contributed by atoms with E-state index in [2.05, 4.69) is 26.1 Å². The fourth-order valence-corrected chi connectivity index (χ4v) is 4.20. The summed E-state index contributed by atoms with van der Waals surface area (Å²) in [5.41, 5.74) is 1.44. The zero-order valence-electron chi connectivity index (χ0n) is 21.2. The number of hydrogen-bond donors (Lipinski definition) is 1. The van der Waals surface area contributed by atoms with Gasteiger partial charge in [-0.1, -0.05) is 39.0 Å². The number of carbonyl (C=O) groups is 2. The highest BCUT2D eigenvalue weighted by atomic mass is 32.2. The molecule has 0 aliphatic rings. The van der Waals surface area contributed by atoms with E-state index in [0.29, 0.717) is 5.82 Å². The minimum Gasteiger partial charge on any atom is -0.497 e. The van der Waals surface area contributed by atoms with Crippen LogP contribution in [0.25, 0.3) is 5.69 Å². The molecule has 0 atom stereocenters. The Kier molecular flexibility index (Phi) is 8.62. The van der Waals surface area contributed by atoms with Gasteiger partial charge in [0, 0.05) is 22.4 Å². The summed E-state index contributed by atoms with van der Waals surface area (Å²) in [6, 6.07) is 19.0. The van der Waals surface area contributed by atoms with E-state index < -0.39 is 0 Å². The Hall–Kier alpha value is -3.26. The second kappa shape index (κ2) is 11.4. The predicted octanol–water partition coefficient (Wildman–Crippen LogP) is 5.15. The molecule has 0 radical (unpaired) electrons. The summed E-state index contributed by atoms with van der Waals surface area (Å²) in [6.45, 7) is 10.0. The molecule has 0 saturated heterocycles. The monoisotopic (exact) mass is 494 g/mol. The standard InChI is InChI=1S/C27H34N4O3S/c1-19(2)30(26(33)18-35-22-10-8-7-9-11-22)17-25(32)28-24-16-23(27(3,4)5)29-31(24)20-12-14-21(34-6)15-13-20/h7-16,19H,17-18H2,1-6H3,(H,28,32). The van der Waals surface area contributed by atoms with Gasteiger partial charge >= 0.3 is 0 Å². The third kappa shape index (κ3) is 7.11. The number of anilines is 1. The van der Waals surface area contributed by atoms with Crippen LogP contribution in [0, 0.1) is 0 Å². The number of amides is 2. The molecule has 0 bridgehead atoms. The van der Waals surface area contributed by atoms with Crippen molar-refractivity contribution in [1.29, 1.82) is 0 Å². The maximum absolute atomic E-state index is 13.1. The summed E-state index contributed by atoms with van der Waals surface area (Å²) in [4.78, 5) is 28.6. The van der Waals surface area contributed by atoms with Crippen LogP contribution >= 0.6 is 11.8 Å². The lowest BCUT2D eigenvalue weighted by Gasteiger charge is -2.26. The summed E-state index contributed by atoms with van der Waals surface area (Å²) in [6.07, 6.45) is 0. The van der Waals surface area contributed by atoms with Crippen molar-refractivity contribution in [2.24, 2.45) is 0 Å². The van der Waals surface area contributed by atoms with Gasteiger partial charge in [-0.2, -0.15) is 5.10 Å². The topological polar surface area (TPSA) is 76.5 Å². The quantitative estimate of drug-likeness (QED) is 0.417. The van der Waals surface area contributed by atoms with E-state index in [-0.39, 0.29) is 35.6 Å². The highest BCUT2D eigenvalue weighted by Gasteiger charge is 2.24. The first-order valence-corrected chi connectivity index (χ1v) is 12.6. The molecule has 1 heterocycles. The van der Waals surface area contributed by atoms with E-state index in [1.165, 1.54) is 11.8 Å². The molecule has 0 unspecified atom stereocenters. The van der Waals surface area contributed by atoms with Gasteiger partial charge in [0.15, 0.2) is 0 Å². The lowest BCUT2D eigenvalue weighted by Crippen LogP contribution is -2.43. The van der Waals surface area contributed by atoms with Crippen LogP contribution in [0.4, 0.5) is 5.82 Å². The molecule has 2 aromatic carbocycles. The highest BCUT2D eigenvalue weighted by Crippen LogP contribution is 2.27. The molecule has 0 spiro atoms. The van der Waals surface area contributed by atoms with E-state index in [1.54, 1.807) is 16.7 Å². The molecule has 186 valence electrons. The molecule has 0 aliphatic carbocycles. The number of rotatable bonds is 9. The van der Waals surface area contributed by atoms with Crippen LogP contribution in [0.15, 0.2) is 65.6 Å². The van der Waals surface area contributed by atoms with Crippen LogP contribution in [0.2, 0.25) is 0 Å². The molecular formula is C27H34N4O3S. The number of aromatic nitrogens is 2. The van der Waals surface area contributed by atoms with Gasteiger partial charge in [0.25, 0.3) is 0 Å². The second-order valence-electron chi connectivity index (χ2n) is 9.54. The lowest BCUT2D eigenvalue weighted by molar-refractivity contribution is -0.134.